The summed E-state index contributed by atoms with van der Waals surface area (Å²) in [5.41, 5.74) is 0. The Kier molecular flexibility index (Phi) is 5.09. The largest absolute Gasteiger partial charge is 0.481 e. The molecule has 9 atom stereocenters. The zero-order chi connectivity index (χ0) is 17.4. The molecule has 9 heteroatoms. The summed E-state index contributed by atoms with van der Waals surface area (Å²) in [6.45, 7) is -0.569. The van der Waals surface area contributed by atoms with Crippen LogP contribution >= 0.6 is 0 Å². The molecule has 9 nitrogen and oxygen atoms in total. The van der Waals surface area contributed by atoms with Crippen LogP contribution in [0.5, 0.6) is 0 Å². The van der Waals surface area contributed by atoms with Crippen LogP contribution in [0.1, 0.15) is 12.8 Å². The smallest absolute Gasteiger partial charge is 0.307 e. The predicted octanol–water partition coefficient (Wildman–Crippen LogP) is -1.60. The van der Waals surface area contributed by atoms with E-state index in [1.165, 1.54) is 6.26 Å². The van der Waals surface area contributed by atoms with E-state index in [9.17, 15) is 30.3 Å². The lowest BCUT2D eigenvalue weighted by Gasteiger charge is -2.42. The highest BCUT2D eigenvalue weighted by molar-refractivity contribution is 5.71. The lowest BCUT2D eigenvalue weighted by Crippen LogP contribution is -2.60. The molecule has 0 aromatic rings. The summed E-state index contributed by atoms with van der Waals surface area (Å²) in [5, 5.41) is 48.2. The number of fused-ring (bicyclic) bond motifs is 1. The Morgan fingerprint density at radius 1 is 1.12 bits per heavy atom. The topological polar surface area (TPSA) is 146 Å². The average molecular weight is 346 g/mol. The van der Waals surface area contributed by atoms with Gasteiger partial charge < -0.3 is 39.7 Å². The van der Waals surface area contributed by atoms with E-state index in [0.29, 0.717) is 12.8 Å². The van der Waals surface area contributed by atoms with Gasteiger partial charge in [-0.05, 0) is 24.8 Å². The van der Waals surface area contributed by atoms with Crippen molar-refractivity contribution in [3.05, 3.63) is 12.3 Å². The molecular weight excluding hydrogens is 324 g/mol. The molecule has 136 valence electrons. The first kappa shape index (κ1) is 17.6. The van der Waals surface area contributed by atoms with Gasteiger partial charge in [-0.2, -0.15) is 0 Å². The number of aliphatic hydroxyl groups excluding tert-OH is 4. The standard InChI is InChI=1S/C15H22O9/c16-5-8-10(17)11(18)12(19)15(23-8)24-14-9-6(3-4-22-14)1-2-7(9)13(20)21/h3-4,6-12,14-19H,1-2,5H2,(H,20,21)/t6-,7+,8+,9+,10+,11-,12+,14+,15-/m1/s1. The van der Waals surface area contributed by atoms with Crippen LogP contribution in [0.2, 0.25) is 0 Å². The second-order valence-corrected chi connectivity index (χ2v) is 6.43. The van der Waals surface area contributed by atoms with E-state index >= 15 is 0 Å². The molecule has 1 saturated heterocycles. The van der Waals surface area contributed by atoms with Gasteiger partial charge in [-0.25, -0.2) is 0 Å². The van der Waals surface area contributed by atoms with Gasteiger partial charge in [0.1, 0.15) is 24.4 Å². The van der Waals surface area contributed by atoms with E-state index < -0.39 is 61.4 Å². The molecule has 3 aliphatic rings. The minimum absolute atomic E-state index is 0.0188. The first-order valence-electron chi connectivity index (χ1n) is 7.95. The van der Waals surface area contributed by atoms with E-state index in [1.807, 2.05) is 0 Å². The lowest BCUT2D eigenvalue weighted by atomic mass is 9.87. The molecule has 2 heterocycles. The zero-order valence-electron chi connectivity index (χ0n) is 12.8. The average Bonchev–Trinajstić information content (AvgIpc) is 3.00. The maximum Gasteiger partial charge on any atom is 0.307 e. The van der Waals surface area contributed by atoms with Gasteiger partial charge in [0, 0.05) is 5.92 Å². The zero-order valence-corrected chi connectivity index (χ0v) is 12.8. The number of aliphatic carboxylic acids is 1. The number of carboxylic acid groups (broad SMARTS) is 1. The van der Waals surface area contributed by atoms with Crippen LogP contribution in [0.4, 0.5) is 0 Å². The highest BCUT2D eigenvalue weighted by atomic mass is 16.8. The van der Waals surface area contributed by atoms with Crippen molar-refractivity contribution >= 4 is 5.97 Å². The number of carboxylic acids is 1. The maximum absolute atomic E-state index is 11.4. The van der Waals surface area contributed by atoms with Gasteiger partial charge in [-0.15, -0.1) is 0 Å². The van der Waals surface area contributed by atoms with Gasteiger partial charge >= 0.3 is 5.97 Å². The normalized spacial score (nSPS) is 47.9. The Bertz CT molecular complexity index is 493. The molecule has 0 spiro atoms. The fraction of sp³-hybridized carbons (Fsp3) is 0.800. The quantitative estimate of drug-likeness (QED) is 0.406. The molecule has 3 rings (SSSR count). The number of ether oxygens (including phenoxy) is 3. The number of hydrogen-bond acceptors (Lipinski definition) is 8. The van der Waals surface area contributed by atoms with Crippen LogP contribution in [0.25, 0.3) is 0 Å². The van der Waals surface area contributed by atoms with E-state index in [1.54, 1.807) is 6.08 Å². The van der Waals surface area contributed by atoms with Crippen molar-refractivity contribution in [3.8, 4) is 0 Å². The molecule has 1 aliphatic carbocycles. The maximum atomic E-state index is 11.4. The van der Waals surface area contributed by atoms with Crippen LogP contribution in [0, 0.1) is 17.8 Å². The Hall–Kier alpha value is -1.23. The fourth-order valence-corrected chi connectivity index (χ4v) is 3.71. The van der Waals surface area contributed by atoms with Gasteiger partial charge in [-0.1, -0.05) is 0 Å². The van der Waals surface area contributed by atoms with Crippen LogP contribution in [-0.4, -0.2) is 75.1 Å². The lowest BCUT2D eigenvalue weighted by molar-refractivity contribution is -0.342. The second kappa shape index (κ2) is 6.95. The van der Waals surface area contributed by atoms with Gasteiger partial charge in [0.2, 0.25) is 6.29 Å². The molecule has 0 bridgehead atoms. The Balaban J connectivity index is 1.74. The molecule has 24 heavy (non-hydrogen) atoms. The molecular formula is C15H22O9. The summed E-state index contributed by atoms with van der Waals surface area (Å²) in [4.78, 5) is 11.4. The Morgan fingerprint density at radius 3 is 2.54 bits per heavy atom. The van der Waals surface area contributed by atoms with Crippen molar-refractivity contribution in [2.45, 2.75) is 49.8 Å². The number of rotatable bonds is 4. The Morgan fingerprint density at radius 2 is 1.88 bits per heavy atom. The SMILES string of the molecule is O=C(O)[C@H]1CC[C@@H]2C=CO[C@@H](O[C@H]3O[C@@H](CO)[C@H](O)[C@@H](O)[C@@H]3O)[C@H]12. The third-order valence-electron chi connectivity index (χ3n) is 5.06. The highest BCUT2D eigenvalue weighted by Gasteiger charge is 2.50. The monoisotopic (exact) mass is 346 g/mol. The number of hydrogen-bond donors (Lipinski definition) is 5. The summed E-state index contributed by atoms with van der Waals surface area (Å²) < 4.78 is 16.3. The Labute approximate surface area is 138 Å². The predicted molar refractivity (Wildman–Crippen MR) is 76.2 cm³/mol. The summed E-state index contributed by atoms with van der Waals surface area (Å²) >= 11 is 0. The summed E-state index contributed by atoms with van der Waals surface area (Å²) in [6.07, 6.45) is -3.61. The molecule has 0 aromatic carbocycles. The van der Waals surface area contributed by atoms with Crippen molar-refractivity contribution in [2.75, 3.05) is 6.61 Å². The molecule has 0 amide bonds. The van der Waals surface area contributed by atoms with Crippen LogP contribution in [-0.2, 0) is 19.0 Å². The van der Waals surface area contributed by atoms with Gasteiger partial charge in [0.25, 0.3) is 0 Å². The van der Waals surface area contributed by atoms with Gasteiger partial charge in [0.15, 0.2) is 6.29 Å². The third-order valence-corrected chi connectivity index (χ3v) is 5.06. The summed E-state index contributed by atoms with van der Waals surface area (Å²) in [6, 6.07) is 0. The molecule has 2 aliphatic heterocycles. The second-order valence-electron chi connectivity index (χ2n) is 6.43. The van der Waals surface area contributed by atoms with Gasteiger partial charge in [-0.3, -0.25) is 4.79 Å². The van der Waals surface area contributed by atoms with Crippen LogP contribution in [0.3, 0.4) is 0 Å². The van der Waals surface area contributed by atoms with E-state index in [4.69, 9.17) is 14.2 Å². The van der Waals surface area contributed by atoms with Crippen molar-refractivity contribution in [1.82, 2.24) is 0 Å². The molecule has 0 unspecified atom stereocenters. The van der Waals surface area contributed by atoms with Crippen molar-refractivity contribution in [1.29, 1.82) is 0 Å². The van der Waals surface area contributed by atoms with E-state index in [0.717, 1.165) is 0 Å². The summed E-state index contributed by atoms with van der Waals surface area (Å²) in [5.74, 6) is -2.05. The minimum atomic E-state index is -1.56. The van der Waals surface area contributed by atoms with Gasteiger partial charge in [0.05, 0.1) is 18.8 Å². The molecule has 2 fully saturated rings. The van der Waals surface area contributed by atoms with Crippen molar-refractivity contribution in [3.63, 3.8) is 0 Å². The third kappa shape index (κ3) is 3.03. The number of carbonyl (C=O) groups is 1. The van der Waals surface area contributed by atoms with Crippen LogP contribution in [0.15, 0.2) is 12.3 Å². The van der Waals surface area contributed by atoms with E-state index in [-0.39, 0.29) is 5.92 Å². The highest BCUT2D eigenvalue weighted by Crippen LogP contribution is 2.44. The molecule has 0 aromatic heterocycles. The summed E-state index contributed by atoms with van der Waals surface area (Å²) in [7, 11) is 0. The molecule has 0 radical (unpaired) electrons. The first-order valence-corrected chi connectivity index (χ1v) is 7.95. The number of allylic oxidation sites excluding steroid dienone is 1. The molecule has 5 N–H and O–H groups in total. The number of aliphatic hydroxyl groups is 4. The van der Waals surface area contributed by atoms with Crippen molar-refractivity contribution in [2.24, 2.45) is 17.8 Å². The van der Waals surface area contributed by atoms with Crippen molar-refractivity contribution < 1.29 is 44.5 Å². The van der Waals surface area contributed by atoms with Crippen LogP contribution < -0.4 is 0 Å². The first-order chi connectivity index (χ1) is 11.4. The minimum Gasteiger partial charge on any atom is -0.481 e. The fourth-order valence-electron chi connectivity index (χ4n) is 3.71. The van der Waals surface area contributed by atoms with E-state index in [2.05, 4.69) is 0 Å². The molecule has 1 saturated carbocycles.